The summed E-state index contributed by atoms with van der Waals surface area (Å²) in [7, 11) is 0. The highest BCUT2D eigenvalue weighted by Gasteiger charge is 2.06. The van der Waals surface area contributed by atoms with E-state index in [2.05, 4.69) is 5.32 Å². The number of ether oxygens (including phenoxy) is 1. The molecule has 1 aromatic carbocycles. The van der Waals surface area contributed by atoms with Gasteiger partial charge in [-0.05, 0) is 29.6 Å². The molecule has 1 amide bonds. The summed E-state index contributed by atoms with van der Waals surface area (Å²) in [6.45, 7) is 0.383. The number of rotatable bonds is 6. The van der Waals surface area contributed by atoms with Gasteiger partial charge in [-0.15, -0.1) is 11.3 Å². The molecule has 0 saturated carbocycles. The van der Waals surface area contributed by atoms with E-state index in [0.717, 1.165) is 6.42 Å². The highest BCUT2D eigenvalue weighted by Crippen LogP contribution is 2.18. The molecule has 0 aliphatic heterocycles. The van der Waals surface area contributed by atoms with Crippen molar-refractivity contribution in [3.63, 3.8) is 0 Å². The van der Waals surface area contributed by atoms with Crippen LogP contribution in [0.1, 0.15) is 4.88 Å². The fraction of sp³-hybridized carbons (Fsp3) is 0.214. The zero-order chi connectivity index (χ0) is 14.4. The Bertz CT molecular complexity index is 573. The summed E-state index contributed by atoms with van der Waals surface area (Å²) in [5.41, 5.74) is 6.21. The van der Waals surface area contributed by atoms with Gasteiger partial charge >= 0.3 is 0 Å². The molecule has 106 valence electrons. The average Bonchev–Trinajstić information content (AvgIpc) is 2.92. The highest BCUT2D eigenvalue weighted by molar-refractivity contribution is 7.09. The molecule has 0 radical (unpaired) electrons. The van der Waals surface area contributed by atoms with Crippen molar-refractivity contribution in [1.82, 2.24) is 0 Å². The second-order valence-electron chi connectivity index (χ2n) is 4.16. The van der Waals surface area contributed by atoms with E-state index in [1.54, 1.807) is 11.3 Å². The Balaban J connectivity index is 1.73. The molecule has 1 heterocycles. The summed E-state index contributed by atoms with van der Waals surface area (Å²) < 4.78 is 18.3. The number of hydrogen-bond acceptors (Lipinski definition) is 4. The Morgan fingerprint density at radius 2 is 2.25 bits per heavy atom. The molecular weight excluding hydrogens is 279 g/mol. The molecule has 0 spiro atoms. The van der Waals surface area contributed by atoms with Crippen molar-refractivity contribution in [1.29, 1.82) is 0 Å². The van der Waals surface area contributed by atoms with Crippen LogP contribution in [0.15, 0.2) is 35.7 Å². The van der Waals surface area contributed by atoms with Gasteiger partial charge in [0.15, 0.2) is 0 Å². The second kappa shape index (κ2) is 7.02. The third-order valence-corrected chi connectivity index (χ3v) is 3.53. The molecular formula is C14H15FN2O2S. The van der Waals surface area contributed by atoms with Crippen molar-refractivity contribution in [2.75, 3.05) is 24.3 Å². The van der Waals surface area contributed by atoms with Gasteiger partial charge in [0.05, 0.1) is 18.0 Å². The molecule has 0 saturated heterocycles. The number of nitrogens with two attached hydrogens (primary N) is 1. The van der Waals surface area contributed by atoms with Gasteiger partial charge in [0, 0.05) is 11.3 Å². The number of nitrogen functional groups attached to an aromatic ring is 1. The third kappa shape index (κ3) is 4.32. The fourth-order valence-electron chi connectivity index (χ4n) is 1.62. The van der Waals surface area contributed by atoms with E-state index < -0.39 is 5.82 Å². The number of carbonyl (C=O) groups excluding carboxylic acids is 1. The predicted octanol–water partition coefficient (Wildman–Crippen LogP) is 2.67. The fourth-order valence-corrected chi connectivity index (χ4v) is 2.31. The van der Waals surface area contributed by atoms with Crippen LogP contribution in [-0.4, -0.2) is 19.1 Å². The highest BCUT2D eigenvalue weighted by atomic mass is 32.1. The molecule has 20 heavy (non-hydrogen) atoms. The largest absolute Gasteiger partial charge is 0.397 e. The minimum atomic E-state index is -0.451. The topological polar surface area (TPSA) is 64.3 Å². The van der Waals surface area contributed by atoms with E-state index in [9.17, 15) is 9.18 Å². The molecule has 0 bridgehead atoms. The lowest BCUT2D eigenvalue weighted by Gasteiger charge is -2.08. The first-order valence-corrected chi connectivity index (χ1v) is 6.98. The van der Waals surface area contributed by atoms with Gasteiger partial charge in [0.2, 0.25) is 5.91 Å². The lowest BCUT2D eigenvalue weighted by molar-refractivity contribution is -0.120. The smallest absolute Gasteiger partial charge is 0.250 e. The Morgan fingerprint density at radius 3 is 3.00 bits per heavy atom. The Labute approximate surface area is 120 Å². The monoisotopic (exact) mass is 294 g/mol. The van der Waals surface area contributed by atoms with E-state index in [0.29, 0.717) is 12.3 Å². The van der Waals surface area contributed by atoms with Crippen LogP contribution in [0.2, 0.25) is 0 Å². The molecule has 0 unspecified atom stereocenters. The van der Waals surface area contributed by atoms with Crippen LogP contribution in [0.5, 0.6) is 0 Å². The number of benzene rings is 1. The minimum Gasteiger partial charge on any atom is -0.397 e. The summed E-state index contributed by atoms with van der Waals surface area (Å²) in [5.74, 6) is -0.804. The molecule has 0 aliphatic carbocycles. The molecule has 0 atom stereocenters. The number of anilines is 2. The van der Waals surface area contributed by atoms with E-state index >= 15 is 0 Å². The van der Waals surface area contributed by atoms with Crippen LogP contribution in [0.3, 0.4) is 0 Å². The maximum Gasteiger partial charge on any atom is 0.250 e. The zero-order valence-corrected chi connectivity index (χ0v) is 11.6. The Hall–Kier alpha value is -1.92. The summed E-state index contributed by atoms with van der Waals surface area (Å²) >= 11 is 1.65. The van der Waals surface area contributed by atoms with Crippen molar-refractivity contribution in [2.24, 2.45) is 0 Å². The molecule has 6 heteroatoms. The van der Waals surface area contributed by atoms with Gasteiger partial charge in [-0.25, -0.2) is 4.39 Å². The van der Waals surface area contributed by atoms with Gasteiger partial charge < -0.3 is 15.8 Å². The molecule has 0 fully saturated rings. The summed E-state index contributed by atoms with van der Waals surface area (Å²) in [5, 5.41) is 4.51. The quantitative estimate of drug-likeness (QED) is 0.636. The van der Waals surface area contributed by atoms with Gasteiger partial charge in [-0.1, -0.05) is 6.07 Å². The maximum absolute atomic E-state index is 13.0. The van der Waals surface area contributed by atoms with Crippen molar-refractivity contribution in [2.45, 2.75) is 6.42 Å². The minimum absolute atomic E-state index is 0.0820. The first kappa shape index (κ1) is 14.5. The van der Waals surface area contributed by atoms with E-state index in [1.165, 1.54) is 23.1 Å². The van der Waals surface area contributed by atoms with Crippen LogP contribution in [0.25, 0.3) is 0 Å². The van der Waals surface area contributed by atoms with E-state index in [1.807, 2.05) is 17.5 Å². The van der Waals surface area contributed by atoms with Crippen LogP contribution in [0.4, 0.5) is 15.8 Å². The summed E-state index contributed by atoms with van der Waals surface area (Å²) in [6.07, 6.45) is 0.771. The SMILES string of the molecule is Nc1ccc(F)cc1NC(=O)COCCc1cccs1. The first-order valence-electron chi connectivity index (χ1n) is 6.10. The molecule has 4 nitrogen and oxygen atoms in total. The normalized spacial score (nSPS) is 10.4. The summed E-state index contributed by atoms with van der Waals surface area (Å²) in [6, 6.07) is 7.81. The predicted molar refractivity (Wildman–Crippen MR) is 78.3 cm³/mol. The van der Waals surface area contributed by atoms with Gasteiger partial charge in [-0.3, -0.25) is 4.79 Å². The Kier molecular flexibility index (Phi) is 5.09. The van der Waals surface area contributed by atoms with E-state index in [4.69, 9.17) is 10.5 Å². The van der Waals surface area contributed by atoms with Crippen LogP contribution in [0, 0.1) is 5.82 Å². The third-order valence-electron chi connectivity index (χ3n) is 2.60. The van der Waals surface area contributed by atoms with E-state index in [-0.39, 0.29) is 18.2 Å². The van der Waals surface area contributed by atoms with Crippen molar-refractivity contribution in [3.05, 3.63) is 46.4 Å². The number of thiophene rings is 1. The molecule has 2 rings (SSSR count). The molecule has 0 aliphatic rings. The van der Waals surface area contributed by atoms with Crippen LogP contribution in [-0.2, 0) is 16.0 Å². The van der Waals surface area contributed by atoms with Crippen molar-refractivity contribution in [3.8, 4) is 0 Å². The second-order valence-corrected chi connectivity index (χ2v) is 5.19. The number of hydrogen-bond donors (Lipinski definition) is 2. The lowest BCUT2D eigenvalue weighted by Crippen LogP contribution is -2.19. The Morgan fingerprint density at radius 1 is 1.40 bits per heavy atom. The average molecular weight is 294 g/mol. The number of halogens is 1. The van der Waals surface area contributed by atoms with Gasteiger partial charge in [0.25, 0.3) is 0 Å². The van der Waals surface area contributed by atoms with Crippen LogP contribution < -0.4 is 11.1 Å². The molecule has 2 aromatic rings. The number of nitrogens with one attached hydrogen (secondary N) is 1. The van der Waals surface area contributed by atoms with Gasteiger partial charge in [0.1, 0.15) is 12.4 Å². The standard InChI is InChI=1S/C14H15FN2O2S/c15-10-3-4-12(16)13(8-10)17-14(18)9-19-6-5-11-2-1-7-20-11/h1-4,7-8H,5-6,9,16H2,(H,17,18). The molecule has 1 aromatic heterocycles. The number of carbonyl (C=O) groups is 1. The number of amides is 1. The zero-order valence-electron chi connectivity index (χ0n) is 10.8. The van der Waals surface area contributed by atoms with Crippen LogP contribution >= 0.6 is 11.3 Å². The van der Waals surface area contributed by atoms with Crippen molar-refractivity contribution < 1.29 is 13.9 Å². The summed E-state index contributed by atoms with van der Waals surface area (Å²) in [4.78, 5) is 12.8. The maximum atomic E-state index is 13.0. The molecule has 3 N–H and O–H groups in total. The lowest BCUT2D eigenvalue weighted by atomic mass is 10.2. The van der Waals surface area contributed by atoms with Gasteiger partial charge in [-0.2, -0.15) is 0 Å². The van der Waals surface area contributed by atoms with Crippen molar-refractivity contribution >= 4 is 28.6 Å². The first-order chi connectivity index (χ1) is 9.65.